The van der Waals surface area contributed by atoms with Gasteiger partial charge in [-0.25, -0.2) is 9.97 Å². The number of aromatic nitrogens is 3. The molecule has 1 aliphatic heterocycles. The summed E-state index contributed by atoms with van der Waals surface area (Å²) >= 11 is 0. The van der Waals surface area contributed by atoms with Crippen molar-refractivity contribution in [2.75, 3.05) is 0 Å². The number of nitrogens with zero attached hydrogens (tertiary/aromatic N) is 3. The van der Waals surface area contributed by atoms with E-state index < -0.39 is 0 Å². The predicted octanol–water partition coefficient (Wildman–Crippen LogP) is 13.4. The summed E-state index contributed by atoms with van der Waals surface area (Å²) in [5, 5.41) is 5.52. The summed E-state index contributed by atoms with van der Waals surface area (Å²) in [6, 6.07) is 57.6. The van der Waals surface area contributed by atoms with Crippen LogP contribution in [0.5, 0.6) is 23.0 Å². The first kappa shape index (κ1) is 31.1. The summed E-state index contributed by atoms with van der Waals surface area (Å²) < 4.78 is 15.0. The molecule has 10 aromatic rings. The molecule has 0 radical (unpaired) electrons. The molecule has 0 amide bonds. The van der Waals surface area contributed by atoms with Crippen molar-refractivity contribution in [1.82, 2.24) is 14.5 Å². The maximum Gasteiger partial charge on any atom is 0.235 e. The van der Waals surface area contributed by atoms with E-state index in [0.717, 1.165) is 77.4 Å². The third-order valence-electron chi connectivity index (χ3n) is 11.8. The second kappa shape index (κ2) is 11.4. The molecule has 5 nitrogen and oxygen atoms in total. The van der Waals surface area contributed by atoms with Crippen molar-refractivity contribution in [2.45, 2.75) is 19.3 Å². The molecule has 2 aliphatic rings. The fourth-order valence-electron chi connectivity index (χ4n) is 9.05. The predicted molar refractivity (Wildman–Crippen MR) is 226 cm³/mol. The maximum absolute atomic E-state index is 6.46. The quantitative estimate of drug-likeness (QED) is 0.182. The van der Waals surface area contributed by atoms with Gasteiger partial charge >= 0.3 is 0 Å². The summed E-state index contributed by atoms with van der Waals surface area (Å²) in [6.45, 7) is 4.64. The van der Waals surface area contributed by atoms with Crippen LogP contribution < -0.4 is 9.47 Å². The van der Waals surface area contributed by atoms with Gasteiger partial charge in [-0.15, -0.1) is 0 Å². The monoisotopic (exact) mass is 719 g/mol. The molecule has 12 rings (SSSR count). The standard InChI is InChI=1S/C51H33N3O2/c1-51(2)40-16-8-5-13-35(40)36-22-19-34(26-41(36)51)49-38-15-6-9-17-42(38)52-50(53-49)54-43-18-10-7-14-37(43)39-25-32(20-23-44(39)54)33-21-24-45-46(29-33)56-48-28-31-12-4-3-11-30(31)27-47(48)55-45/h3-29H,1-2H3. The fraction of sp³-hybridized carbons (Fsp3) is 0.0588. The van der Waals surface area contributed by atoms with E-state index in [0.29, 0.717) is 17.4 Å². The van der Waals surface area contributed by atoms with Crippen molar-refractivity contribution in [1.29, 1.82) is 0 Å². The van der Waals surface area contributed by atoms with Crippen LogP contribution in [0.15, 0.2) is 164 Å². The van der Waals surface area contributed by atoms with Gasteiger partial charge in [0, 0.05) is 27.1 Å². The Morgan fingerprint density at radius 2 is 1.07 bits per heavy atom. The molecule has 0 saturated heterocycles. The first-order chi connectivity index (χ1) is 27.5. The van der Waals surface area contributed by atoms with Gasteiger partial charge in [-0.1, -0.05) is 123 Å². The lowest BCUT2D eigenvalue weighted by molar-refractivity contribution is 0.360. The fourth-order valence-corrected chi connectivity index (χ4v) is 9.05. The van der Waals surface area contributed by atoms with Gasteiger partial charge in [0.1, 0.15) is 0 Å². The summed E-state index contributed by atoms with van der Waals surface area (Å²) in [7, 11) is 0. The van der Waals surface area contributed by atoms with Crippen molar-refractivity contribution >= 4 is 43.5 Å². The Morgan fingerprint density at radius 1 is 0.446 bits per heavy atom. The number of ether oxygens (including phenoxy) is 2. The zero-order valence-electron chi connectivity index (χ0n) is 30.7. The highest BCUT2D eigenvalue weighted by molar-refractivity contribution is 6.10. The topological polar surface area (TPSA) is 49.2 Å². The zero-order valence-corrected chi connectivity index (χ0v) is 30.7. The van der Waals surface area contributed by atoms with Crippen LogP contribution in [-0.2, 0) is 5.41 Å². The van der Waals surface area contributed by atoms with Crippen molar-refractivity contribution in [3.8, 4) is 62.5 Å². The number of rotatable bonds is 3. The van der Waals surface area contributed by atoms with Crippen LogP contribution in [0.2, 0.25) is 0 Å². The molecular formula is C51H33N3O2. The van der Waals surface area contributed by atoms with E-state index in [1.54, 1.807) is 0 Å². The zero-order chi connectivity index (χ0) is 37.1. The van der Waals surface area contributed by atoms with Crippen molar-refractivity contribution in [3.05, 3.63) is 175 Å². The Kier molecular flexibility index (Phi) is 6.33. The summed E-state index contributed by atoms with van der Waals surface area (Å²) in [4.78, 5) is 10.6. The van der Waals surface area contributed by atoms with Crippen molar-refractivity contribution < 1.29 is 9.47 Å². The van der Waals surface area contributed by atoms with Crippen LogP contribution in [0.3, 0.4) is 0 Å². The second-order valence-electron chi connectivity index (χ2n) is 15.4. The van der Waals surface area contributed by atoms with Crippen LogP contribution in [0.4, 0.5) is 0 Å². The van der Waals surface area contributed by atoms with Gasteiger partial charge in [0.2, 0.25) is 5.95 Å². The van der Waals surface area contributed by atoms with E-state index in [1.807, 2.05) is 30.3 Å². The molecule has 3 heterocycles. The van der Waals surface area contributed by atoms with Gasteiger partial charge in [-0.05, 0) is 98.8 Å². The largest absolute Gasteiger partial charge is 0.449 e. The van der Waals surface area contributed by atoms with E-state index >= 15 is 0 Å². The third-order valence-corrected chi connectivity index (χ3v) is 11.8. The molecule has 0 N–H and O–H groups in total. The van der Waals surface area contributed by atoms with Crippen LogP contribution in [0, 0.1) is 0 Å². The molecule has 56 heavy (non-hydrogen) atoms. The molecule has 0 saturated carbocycles. The van der Waals surface area contributed by atoms with E-state index in [-0.39, 0.29) is 5.41 Å². The highest BCUT2D eigenvalue weighted by atomic mass is 16.6. The van der Waals surface area contributed by atoms with E-state index in [2.05, 4.69) is 152 Å². The van der Waals surface area contributed by atoms with Gasteiger partial charge in [0.05, 0.1) is 22.2 Å². The normalized spacial score (nSPS) is 13.6. The highest BCUT2D eigenvalue weighted by Crippen LogP contribution is 2.51. The molecule has 0 bridgehead atoms. The average Bonchev–Trinajstić information content (AvgIpc) is 3.69. The Morgan fingerprint density at radius 3 is 1.93 bits per heavy atom. The molecule has 8 aromatic carbocycles. The number of hydrogen-bond acceptors (Lipinski definition) is 4. The molecule has 5 heteroatoms. The molecule has 0 spiro atoms. The second-order valence-corrected chi connectivity index (χ2v) is 15.4. The minimum absolute atomic E-state index is 0.116. The van der Waals surface area contributed by atoms with E-state index in [1.165, 1.54) is 22.3 Å². The van der Waals surface area contributed by atoms with Crippen LogP contribution >= 0.6 is 0 Å². The van der Waals surface area contributed by atoms with Gasteiger partial charge in [0.15, 0.2) is 23.0 Å². The van der Waals surface area contributed by atoms with Crippen LogP contribution in [0.1, 0.15) is 25.0 Å². The van der Waals surface area contributed by atoms with Crippen LogP contribution in [0.25, 0.3) is 82.9 Å². The molecule has 0 unspecified atom stereocenters. The molecule has 264 valence electrons. The minimum atomic E-state index is -0.116. The van der Waals surface area contributed by atoms with E-state index in [4.69, 9.17) is 19.4 Å². The smallest absolute Gasteiger partial charge is 0.235 e. The average molecular weight is 720 g/mol. The van der Waals surface area contributed by atoms with Gasteiger partial charge < -0.3 is 9.47 Å². The lowest BCUT2D eigenvalue weighted by atomic mass is 9.82. The van der Waals surface area contributed by atoms with Crippen LogP contribution in [-0.4, -0.2) is 14.5 Å². The Labute approximate surface area is 323 Å². The van der Waals surface area contributed by atoms with Gasteiger partial charge in [-0.3, -0.25) is 4.57 Å². The molecule has 1 aliphatic carbocycles. The lowest BCUT2D eigenvalue weighted by Crippen LogP contribution is -2.15. The lowest BCUT2D eigenvalue weighted by Gasteiger charge is -2.22. The SMILES string of the molecule is CC1(C)c2ccccc2-c2ccc(-c3nc(-n4c5ccccc5c5cc(-c6ccc7c(c6)Oc6cc8ccccc8cc6O7)ccc54)nc4ccccc34)cc21. The summed E-state index contributed by atoms with van der Waals surface area (Å²) in [6.07, 6.45) is 0. The van der Waals surface area contributed by atoms with Crippen molar-refractivity contribution in [2.24, 2.45) is 0 Å². The molecule has 0 fully saturated rings. The number of para-hydroxylation sites is 2. The van der Waals surface area contributed by atoms with E-state index in [9.17, 15) is 0 Å². The van der Waals surface area contributed by atoms with Gasteiger partial charge in [0.25, 0.3) is 0 Å². The Balaban J connectivity index is 0.987. The first-order valence-electron chi connectivity index (χ1n) is 19.1. The molecular weight excluding hydrogens is 687 g/mol. The maximum atomic E-state index is 6.46. The number of benzene rings is 8. The molecule has 0 atom stereocenters. The Bertz CT molecular complexity index is 3300. The van der Waals surface area contributed by atoms with Gasteiger partial charge in [-0.2, -0.15) is 0 Å². The first-order valence-corrected chi connectivity index (χ1v) is 19.1. The molecule has 2 aromatic heterocycles. The highest BCUT2D eigenvalue weighted by Gasteiger charge is 2.35. The number of fused-ring (bicyclic) bond motifs is 10. The van der Waals surface area contributed by atoms with Crippen molar-refractivity contribution in [3.63, 3.8) is 0 Å². The number of hydrogen-bond donors (Lipinski definition) is 0. The summed E-state index contributed by atoms with van der Waals surface area (Å²) in [5.74, 6) is 3.49. The summed E-state index contributed by atoms with van der Waals surface area (Å²) in [5.41, 5.74) is 12.3. The minimum Gasteiger partial charge on any atom is -0.449 e. The third kappa shape index (κ3) is 4.48. The Hall–Kier alpha value is -7.24.